The van der Waals surface area contributed by atoms with Crippen LogP contribution in [-0.4, -0.2) is 30.8 Å². The molecule has 0 aliphatic heterocycles. The van der Waals surface area contributed by atoms with Crippen molar-refractivity contribution in [1.82, 2.24) is 4.90 Å². The molecule has 0 aliphatic carbocycles. The number of hydrogen-bond donors (Lipinski definition) is 1. The summed E-state index contributed by atoms with van der Waals surface area (Å²) in [5.74, 6) is 0.150. The molecule has 0 spiro atoms. The molecule has 2 aromatic rings. The molecule has 5 heteroatoms. The molecule has 0 heterocycles. The lowest BCUT2D eigenvalue weighted by Gasteiger charge is -2.34. The fourth-order valence-electron chi connectivity index (χ4n) is 3.85. The smallest absolute Gasteiger partial charge is 0.226 e. The van der Waals surface area contributed by atoms with Gasteiger partial charge in [-0.25, -0.2) is 0 Å². The molecular weight excluding hydrogens is 386 g/mol. The van der Waals surface area contributed by atoms with Crippen LogP contribution >= 0.6 is 0 Å². The molecule has 2 rings (SSSR count). The summed E-state index contributed by atoms with van der Waals surface area (Å²) >= 11 is 0. The Kier molecular flexibility index (Phi) is 9.10. The van der Waals surface area contributed by atoms with Crippen molar-refractivity contribution in [1.29, 1.82) is 0 Å². The summed E-state index contributed by atoms with van der Waals surface area (Å²) in [6, 6.07) is 16.0. The zero-order chi connectivity index (χ0) is 23.0. The maximum Gasteiger partial charge on any atom is 0.226 e. The van der Waals surface area contributed by atoms with Crippen LogP contribution in [-0.2, 0) is 16.1 Å². The Morgan fingerprint density at radius 2 is 1.61 bits per heavy atom. The molecule has 2 aromatic carbocycles. The predicted molar refractivity (Wildman–Crippen MR) is 129 cm³/mol. The third kappa shape index (κ3) is 6.33. The van der Waals surface area contributed by atoms with E-state index in [2.05, 4.69) is 38.2 Å². The van der Waals surface area contributed by atoms with E-state index >= 15 is 0 Å². The highest BCUT2D eigenvalue weighted by molar-refractivity contribution is 5.91. The zero-order valence-electron chi connectivity index (χ0n) is 19.8. The van der Waals surface area contributed by atoms with Gasteiger partial charge in [-0.1, -0.05) is 51.1 Å². The first-order valence-corrected chi connectivity index (χ1v) is 11.3. The van der Waals surface area contributed by atoms with E-state index in [-0.39, 0.29) is 23.8 Å². The minimum absolute atomic E-state index is 0.00283. The molecule has 0 saturated carbocycles. The number of anilines is 2. The van der Waals surface area contributed by atoms with E-state index in [0.717, 1.165) is 35.3 Å². The Bertz CT molecular complexity index is 860. The molecule has 31 heavy (non-hydrogen) atoms. The second-order valence-corrected chi connectivity index (χ2v) is 8.21. The Labute approximate surface area is 187 Å². The van der Waals surface area contributed by atoms with E-state index in [9.17, 15) is 9.59 Å². The monoisotopic (exact) mass is 423 g/mol. The first-order chi connectivity index (χ1) is 14.8. The number of rotatable bonds is 10. The summed E-state index contributed by atoms with van der Waals surface area (Å²) in [4.78, 5) is 29.5. The number of nitrogens with zero attached hydrogens (tertiary/aromatic N) is 2. The molecule has 5 nitrogen and oxygen atoms in total. The van der Waals surface area contributed by atoms with Gasteiger partial charge in [0.25, 0.3) is 0 Å². The zero-order valence-corrected chi connectivity index (χ0v) is 19.8. The summed E-state index contributed by atoms with van der Waals surface area (Å²) in [6.45, 7) is 8.55. The van der Waals surface area contributed by atoms with Crippen molar-refractivity contribution in [3.05, 3.63) is 59.7 Å². The quantitative estimate of drug-likeness (QED) is 0.539. The van der Waals surface area contributed by atoms with Crippen LogP contribution in [0.3, 0.4) is 0 Å². The fourth-order valence-corrected chi connectivity index (χ4v) is 3.85. The second kappa shape index (κ2) is 11.5. The predicted octanol–water partition coefficient (Wildman–Crippen LogP) is 5.63. The van der Waals surface area contributed by atoms with Crippen molar-refractivity contribution in [2.75, 3.05) is 24.3 Å². The minimum atomic E-state index is -0.0572. The van der Waals surface area contributed by atoms with E-state index in [4.69, 9.17) is 0 Å². The van der Waals surface area contributed by atoms with Gasteiger partial charge in [0.15, 0.2) is 0 Å². The maximum absolute atomic E-state index is 13.6. The molecule has 0 aromatic heterocycles. The summed E-state index contributed by atoms with van der Waals surface area (Å²) in [6.07, 6.45) is 2.07. The molecule has 2 amide bonds. The lowest BCUT2D eigenvalue weighted by molar-refractivity contribution is -0.138. The van der Waals surface area contributed by atoms with Crippen molar-refractivity contribution in [2.45, 2.75) is 59.5 Å². The normalized spacial score (nSPS) is 11.8. The van der Waals surface area contributed by atoms with Gasteiger partial charge in [-0.2, -0.15) is 0 Å². The molecule has 0 aliphatic rings. The number of nitrogens with one attached hydrogen (secondary N) is 1. The van der Waals surface area contributed by atoms with Crippen LogP contribution in [0.2, 0.25) is 0 Å². The highest BCUT2D eigenvalue weighted by Gasteiger charge is 2.27. The lowest BCUT2D eigenvalue weighted by Crippen LogP contribution is -2.37. The van der Waals surface area contributed by atoms with Gasteiger partial charge in [0.2, 0.25) is 11.8 Å². The summed E-state index contributed by atoms with van der Waals surface area (Å²) < 4.78 is 0. The first kappa shape index (κ1) is 24.4. The number of carbonyl (C=O) groups is 2. The largest absolute Gasteiger partial charge is 0.377 e. The average Bonchev–Trinajstić information content (AvgIpc) is 2.78. The SMILES string of the molecule is CCC(=O)Nc1ccc(N(C)C)c(CN(C(=O)C(CC)CC)C(C)c2ccccc2)c1. The van der Waals surface area contributed by atoms with Gasteiger partial charge in [-0.3, -0.25) is 9.59 Å². The van der Waals surface area contributed by atoms with E-state index in [1.165, 1.54) is 0 Å². The maximum atomic E-state index is 13.6. The lowest BCUT2D eigenvalue weighted by atomic mass is 9.98. The summed E-state index contributed by atoms with van der Waals surface area (Å²) in [5.41, 5.74) is 3.93. The van der Waals surface area contributed by atoms with E-state index in [0.29, 0.717) is 13.0 Å². The van der Waals surface area contributed by atoms with Crippen LogP contribution in [0, 0.1) is 5.92 Å². The van der Waals surface area contributed by atoms with Gasteiger partial charge in [0.05, 0.1) is 6.04 Å². The van der Waals surface area contributed by atoms with Crippen molar-refractivity contribution in [2.24, 2.45) is 5.92 Å². The third-order valence-corrected chi connectivity index (χ3v) is 5.87. The van der Waals surface area contributed by atoms with Gasteiger partial charge in [0.1, 0.15) is 0 Å². The van der Waals surface area contributed by atoms with Crippen molar-refractivity contribution >= 4 is 23.2 Å². The number of amides is 2. The number of carbonyl (C=O) groups excluding carboxylic acids is 2. The number of benzene rings is 2. The third-order valence-electron chi connectivity index (χ3n) is 5.87. The molecular formula is C26H37N3O2. The Balaban J connectivity index is 2.48. The Hall–Kier alpha value is -2.82. The molecule has 1 unspecified atom stereocenters. The van der Waals surface area contributed by atoms with Crippen molar-refractivity contribution in [3.8, 4) is 0 Å². The molecule has 1 atom stereocenters. The highest BCUT2D eigenvalue weighted by Crippen LogP contribution is 2.30. The van der Waals surface area contributed by atoms with Crippen LogP contribution in [0.4, 0.5) is 11.4 Å². The number of hydrogen-bond acceptors (Lipinski definition) is 3. The van der Waals surface area contributed by atoms with E-state index in [1.807, 2.05) is 67.2 Å². The fraction of sp³-hybridized carbons (Fsp3) is 0.462. The summed E-state index contributed by atoms with van der Waals surface area (Å²) in [7, 11) is 3.99. The van der Waals surface area contributed by atoms with E-state index < -0.39 is 0 Å². The van der Waals surface area contributed by atoms with Gasteiger partial charge in [-0.05, 0) is 49.1 Å². The molecule has 1 N–H and O–H groups in total. The molecule has 0 radical (unpaired) electrons. The van der Waals surface area contributed by atoms with Crippen LogP contribution in [0.1, 0.15) is 64.1 Å². The average molecular weight is 424 g/mol. The van der Waals surface area contributed by atoms with Gasteiger partial charge in [-0.15, -0.1) is 0 Å². The van der Waals surface area contributed by atoms with Crippen LogP contribution < -0.4 is 10.2 Å². The first-order valence-electron chi connectivity index (χ1n) is 11.3. The molecule has 0 saturated heterocycles. The minimum Gasteiger partial charge on any atom is -0.377 e. The second-order valence-electron chi connectivity index (χ2n) is 8.21. The summed E-state index contributed by atoms with van der Waals surface area (Å²) in [5, 5.41) is 2.95. The van der Waals surface area contributed by atoms with Crippen LogP contribution in [0.5, 0.6) is 0 Å². The van der Waals surface area contributed by atoms with Crippen LogP contribution in [0.25, 0.3) is 0 Å². The Morgan fingerprint density at radius 3 is 2.16 bits per heavy atom. The van der Waals surface area contributed by atoms with Crippen molar-refractivity contribution < 1.29 is 9.59 Å². The van der Waals surface area contributed by atoms with Crippen LogP contribution in [0.15, 0.2) is 48.5 Å². The van der Waals surface area contributed by atoms with E-state index in [1.54, 1.807) is 0 Å². The van der Waals surface area contributed by atoms with Gasteiger partial charge < -0.3 is 15.1 Å². The molecule has 0 bridgehead atoms. The topological polar surface area (TPSA) is 52.7 Å². The Morgan fingerprint density at radius 1 is 0.968 bits per heavy atom. The van der Waals surface area contributed by atoms with Crippen molar-refractivity contribution in [3.63, 3.8) is 0 Å². The molecule has 168 valence electrons. The standard InChI is InChI=1S/C26H37N3O2/c1-7-20(8-2)26(31)29(19(4)21-13-11-10-12-14-21)18-22-17-23(27-25(30)9-3)15-16-24(22)28(5)6/h10-17,19-20H,7-9,18H2,1-6H3,(H,27,30). The molecule has 0 fully saturated rings. The highest BCUT2D eigenvalue weighted by atomic mass is 16.2. The van der Waals surface area contributed by atoms with Gasteiger partial charge >= 0.3 is 0 Å². The van der Waals surface area contributed by atoms with Gasteiger partial charge in [0, 0.05) is 44.4 Å².